The number of nitrogens with zero attached hydrogens (tertiary/aromatic N) is 3. The van der Waals surface area contributed by atoms with Crippen LogP contribution < -0.4 is 5.32 Å². The van der Waals surface area contributed by atoms with Crippen molar-refractivity contribution in [2.75, 3.05) is 11.9 Å². The lowest BCUT2D eigenvalue weighted by molar-refractivity contribution is -0.121. The van der Waals surface area contributed by atoms with Crippen LogP contribution in [0.15, 0.2) is 24.3 Å². The summed E-state index contributed by atoms with van der Waals surface area (Å²) >= 11 is 0. The molecule has 1 amide bonds. The molecule has 0 saturated carbocycles. The monoisotopic (exact) mass is 312 g/mol. The van der Waals surface area contributed by atoms with E-state index >= 15 is 0 Å². The number of carbonyl (C=O) groups excluding carboxylic acids is 1. The minimum Gasteiger partial charge on any atom is -0.322 e. The number of amides is 1. The van der Waals surface area contributed by atoms with Gasteiger partial charge in [0.15, 0.2) is 0 Å². The standard InChI is InChI=1S/C18H24N4O/c1-12-17(13(2)21(4)20-12)19-18(23)14(3)22-10-9-15-7-5-6-8-16(15)11-22/h5-8,14H,9-11H2,1-4H3,(H,19,23)/t14-/m1/s1. The average Bonchev–Trinajstić information content (AvgIpc) is 2.80. The van der Waals surface area contributed by atoms with Crippen LogP contribution in [0.3, 0.4) is 0 Å². The number of benzene rings is 1. The van der Waals surface area contributed by atoms with E-state index in [9.17, 15) is 4.79 Å². The Morgan fingerprint density at radius 1 is 1.26 bits per heavy atom. The van der Waals surface area contributed by atoms with E-state index in [2.05, 4.69) is 39.6 Å². The van der Waals surface area contributed by atoms with Gasteiger partial charge in [-0.3, -0.25) is 14.4 Å². The maximum absolute atomic E-state index is 12.6. The molecule has 23 heavy (non-hydrogen) atoms. The van der Waals surface area contributed by atoms with Crippen molar-refractivity contribution in [3.05, 3.63) is 46.8 Å². The number of rotatable bonds is 3. The Labute approximate surface area is 137 Å². The summed E-state index contributed by atoms with van der Waals surface area (Å²) in [5.41, 5.74) is 5.39. The van der Waals surface area contributed by atoms with Gasteiger partial charge in [0.25, 0.3) is 0 Å². The highest BCUT2D eigenvalue weighted by molar-refractivity contribution is 5.95. The summed E-state index contributed by atoms with van der Waals surface area (Å²) in [5.74, 6) is 0.0311. The van der Waals surface area contributed by atoms with Gasteiger partial charge in [-0.2, -0.15) is 5.10 Å². The van der Waals surface area contributed by atoms with Gasteiger partial charge in [0.1, 0.15) is 0 Å². The minimum absolute atomic E-state index is 0.0311. The first-order valence-electron chi connectivity index (χ1n) is 8.09. The molecule has 2 heterocycles. The SMILES string of the molecule is Cc1nn(C)c(C)c1NC(=O)[C@@H](C)N1CCc2ccccc2C1. The van der Waals surface area contributed by atoms with E-state index in [1.54, 1.807) is 4.68 Å². The summed E-state index contributed by atoms with van der Waals surface area (Å²) in [7, 11) is 1.89. The van der Waals surface area contributed by atoms with Crippen LogP contribution in [0.25, 0.3) is 0 Å². The van der Waals surface area contributed by atoms with Crippen molar-refractivity contribution in [3.8, 4) is 0 Å². The zero-order chi connectivity index (χ0) is 16.6. The highest BCUT2D eigenvalue weighted by Crippen LogP contribution is 2.22. The van der Waals surface area contributed by atoms with Crippen LogP contribution in [0.2, 0.25) is 0 Å². The van der Waals surface area contributed by atoms with Gasteiger partial charge in [0, 0.05) is 20.1 Å². The highest BCUT2D eigenvalue weighted by Gasteiger charge is 2.26. The molecule has 0 aliphatic carbocycles. The van der Waals surface area contributed by atoms with E-state index in [4.69, 9.17) is 0 Å². The third kappa shape index (κ3) is 3.01. The van der Waals surface area contributed by atoms with Gasteiger partial charge in [0.2, 0.25) is 5.91 Å². The normalized spacial score (nSPS) is 16.0. The number of anilines is 1. The van der Waals surface area contributed by atoms with Crippen molar-refractivity contribution in [1.82, 2.24) is 14.7 Å². The highest BCUT2D eigenvalue weighted by atomic mass is 16.2. The fourth-order valence-electron chi connectivity index (χ4n) is 3.20. The molecule has 1 N–H and O–H groups in total. The molecule has 0 saturated heterocycles. The maximum atomic E-state index is 12.6. The average molecular weight is 312 g/mol. The maximum Gasteiger partial charge on any atom is 0.241 e. The van der Waals surface area contributed by atoms with Crippen molar-refractivity contribution in [3.63, 3.8) is 0 Å². The van der Waals surface area contributed by atoms with Crippen LogP contribution in [0, 0.1) is 13.8 Å². The molecule has 1 aliphatic heterocycles. The third-order valence-electron chi connectivity index (χ3n) is 4.84. The molecule has 1 aliphatic rings. The Bertz CT molecular complexity index is 735. The lowest BCUT2D eigenvalue weighted by atomic mass is 9.99. The lowest BCUT2D eigenvalue weighted by Crippen LogP contribution is -2.44. The largest absolute Gasteiger partial charge is 0.322 e. The predicted molar refractivity (Wildman–Crippen MR) is 91.3 cm³/mol. The molecule has 3 rings (SSSR count). The van der Waals surface area contributed by atoms with Crippen LogP contribution in [0.5, 0.6) is 0 Å². The van der Waals surface area contributed by atoms with Crippen LogP contribution in [-0.2, 0) is 24.8 Å². The Morgan fingerprint density at radius 2 is 1.96 bits per heavy atom. The molecule has 5 nitrogen and oxygen atoms in total. The Morgan fingerprint density at radius 3 is 2.61 bits per heavy atom. The third-order valence-corrected chi connectivity index (χ3v) is 4.84. The first-order valence-corrected chi connectivity index (χ1v) is 8.09. The topological polar surface area (TPSA) is 50.2 Å². The molecule has 1 aromatic heterocycles. The smallest absolute Gasteiger partial charge is 0.241 e. The zero-order valence-corrected chi connectivity index (χ0v) is 14.3. The van der Waals surface area contributed by atoms with Crippen molar-refractivity contribution in [2.24, 2.45) is 7.05 Å². The lowest BCUT2D eigenvalue weighted by Gasteiger charge is -2.32. The number of hydrogen-bond donors (Lipinski definition) is 1. The van der Waals surface area contributed by atoms with Crippen LogP contribution in [-0.4, -0.2) is 33.2 Å². The van der Waals surface area contributed by atoms with Crippen molar-refractivity contribution in [2.45, 2.75) is 39.8 Å². The molecule has 1 aromatic carbocycles. The molecule has 5 heteroatoms. The number of aromatic nitrogens is 2. The number of fused-ring (bicyclic) bond motifs is 1. The van der Waals surface area contributed by atoms with E-state index in [1.807, 2.05) is 27.8 Å². The van der Waals surface area contributed by atoms with Crippen LogP contribution in [0.1, 0.15) is 29.4 Å². The van der Waals surface area contributed by atoms with Crippen molar-refractivity contribution < 1.29 is 4.79 Å². The Balaban J connectivity index is 1.71. The van der Waals surface area contributed by atoms with E-state index in [0.717, 1.165) is 36.6 Å². The molecular weight excluding hydrogens is 288 g/mol. The number of hydrogen-bond acceptors (Lipinski definition) is 3. The second kappa shape index (κ2) is 6.16. The van der Waals surface area contributed by atoms with Gasteiger partial charge >= 0.3 is 0 Å². The molecule has 0 bridgehead atoms. The van der Waals surface area contributed by atoms with E-state index in [1.165, 1.54) is 11.1 Å². The van der Waals surface area contributed by atoms with Gasteiger partial charge < -0.3 is 5.32 Å². The zero-order valence-electron chi connectivity index (χ0n) is 14.3. The first-order chi connectivity index (χ1) is 11.0. The number of carbonyl (C=O) groups is 1. The first kappa shape index (κ1) is 15.7. The Hall–Kier alpha value is -2.14. The van der Waals surface area contributed by atoms with Gasteiger partial charge in [-0.1, -0.05) is 24.3 Å². The molecule has 1 atom stereocenters. The van der Waals surface area contributed by atoms with E-state index < -0.39 is 0 Å². The van der Waals surface area contributed by atoms with Gasteiger partial charge in [-0.05, 0) is 38.3 Å². The second-order valence-corrected chi connectivity index (χ2v) is 6.32. The summed E-state index contributed by atoms with van der Waals surface area (Å²) in [6.45, 7) is 7.61. The summed E-state index contributed by atoms with van der Waals surface area (Å²) < 4.78 is 1.80. The van der Waals surface area contributed by atoms with E-state index in [-0.39, 0.29) is 11.9 Å². The molecular formula is C18H24N4O. The molecule has 2 aromatic rings. The summed E-state index contributed by atoms with van der Waals surface area (Å²) in [5, 5.41) is 7.41. The molecule has 122 valence electrons. The molecule has 0 spiro atoms. The van der Waals surface area contributed by atoms with E-state index in [0.29, 0.717) is 0 Å². The number of aryl methyl sites for hydroxylation is 2. The summed E-state index contributed by atoms with van der Waals surface area (Å²) in [6, 6.07) is 8.32. The number of nitrogens with one attached hydrogen (secondary N) is 1. The molecule has 0 unspecified atom stereocenters. The Kier molecular flexibility index (Phi) is 4.22. The predicted octanol–water partition coefficient (Wildman–Crippen LogP) is 2.42. The summed E-state index contributed by atoms with van der Waals surface area (Å²) in [4.78, 5) is 14.9. The minimum atomic E-state index is -0.164. The molecule has 0 fully saturated rings. The molecule has 0 radical (unpaired) electrons. The van der Waals surface area contributed by atoms with Crippen molar-refractivity contribution >= 4 is 11.6 Å². The van der Waals surface area contributed by atoms with Gasteiger partial charge in [-0.15, -0.1) is 0 Å². The fraction of sp³-hybridized carbons (Fsp3) is 0.444. The quantitative estimate of drug-likeness (QED) is 0.947. The summed E-state index contributed by atoms with van der Waals surface area (Å²) in [6.07, 6.45) is 0.999. The van der Waals surface area contributed by atoms with Crippen molar-refractivity contribution in [1.29, 1.82) is 0 Å². The van der Waals surface area contributed by atoms with Crippen LogP contribution >= 0.6 is 0 Å². The second-order valence-electron chi connectivity index (χ2n) is 6.32. The van der Waals surface area contributed by atoms with Gasteiger partial charge in [0.05, 0.1) is 23.1 Å². The van der Waals surface area contributed by atoms with Gasteiger partial charge in [-0.25, -0.2) is 0 Å². The fourth-order valence-corrected chi connectivity index (χ4v) is 3.20. The van der Waals surface area contributed by atoms with Crippen LogP contribution in [0.4, 0.5) is 5.69 Å².